The lowest BCUT2D eigenvalue weighted by Gasteiger charge is -1.84. The topological polar surface area (TPSA) is 0 Å². The van der Waals surface area contributed by atoms with E-state index in [2.05, 4.69) is 19.6 Å². The molecule has 0 spiro atoms. The molecule has 0 aliphatic carbocycles. The molecular formula is C11H16. The van der Waals surface area contributed by atoms with Crippen LogP contribution in [0.3, 0.4) is 0 Å². The smallest absolute Gasteiger partial charge is 0.0332 e. The van der Waals surface area contributed by atoms with Crippen molar-refractivity contribution in [2.45, 2.75) is 20.3 Å². The molecule has 0 saturated carbocycles. The van der Waals surface area contributed by atoms with Crippen LogP contribution in [0.2, 0.25) is 0 Å². The molecule has 11 heavy (non-hydrogen) atoms. The summed E-state index contributed by atoms with van der Waals surface area (Å²) >= 11 is 0. The van der Waals surface area contributed by atoms with E-state index in [4.69, 9.17) is 0 Å². The number of hydrogen-bond acceptors (Lipinski definition) is 0. The fourth-order valence-corrected chi connectivity index (χ4v) is 0.663. The van der Waals surface area contributed by atoms with Crippen LogP contribution in [-0.2, 0) is 0 Å². The molecule has 0 heteroatoms. The Labute approximate surface area is 69.6 Å². The first-order valence-electron chi connectivity index (χ1n) is 3.96. The van der Waals surface area contributed by atoms with Gasteiger partial charge in [-0.25, -0.2) is 0 Å². The molecule has 60 valence electrons. The second kappa shape index (κ2) is 7.07. The molecule has 0 rings (SSSR count). The largest absolute Gasteiger partial charge is 0.0918 e. The number of allylic oxidation sites excluding steroid dienone is 7. The second-order valence-corrected chi connectivity index (χ2v) is 2.27. The van der Waals surface area contributed by atoms with Gasteiger partial charge in [-0.3, -0.25) is 0 Å². The normalized spacial score (nSPS) is 12.2. The Balaban J connectivity index is 3.74. The van der Waals surface area contributed by atoms with Crippen LogP contribution in [0.5, 0.6) is 0 Å². The van der Waals surface area contributed by atoms with Crippen molar-refractivity contribution in [3.8, 4) is 0 Å². The maximum Gasteiger partial charge on any atom is -0.0332 e. The van der Waals surface area contributed by atoms with Gasteiger partial charge in [-0.2, -0.15) is 0 Å². The highest BCUT2D eigenvalue weighted by molar-refractivity contribution is 5.28. The van der Waals surface area contributed by atoms with E-state index in [1.54, 1.807) is 0 Å². The fraction of sp³-hybridized carbons (Fsp3) is 0.273. The Morgan fingerprint density at radius 2 is 2.00 bits per heavy atom. The first-order valence-corrected chi connectivity index (χ1v) is 3.96. The van der Waals surface area contributed by atoms with E-state index in [9.17, 15) is 0 Å². The zero-order valence-electron chi connectivity index (χ0n) is 7.38. The summed E-state index contributed by atoms with van der Waals surface area (Å²) in [4.78, 5) is 0. The van der Waals surface area contributed by atoms with Gasteiger partial charge in [-0.05, 0) is 18.9 Å². The molecule has 0 aliphatic heterocycles. The van der Waals surface area contributed by atoms with Crippen molar-refractivity contribution in [2.75, 3.05) is 0 Å². The summed E-state index contributed by atoms with van der Waals surface area (Å²) < 4.78 is 0. The average molecular weight is 148 g/mol. The molecule has 0 fully saturated rings. The first kappa shape index (κ1) is 9.96. The maximum absolute atomic E-state index is 3.83. The van der Waals surface area contributed by atoms with Gasteiger partial charge in [0.25, 0.3) is 0 Å². The summed E-state index contributed by atoms with van der Waals surface area (Å²) in [5.74, 6) is 0. The van der Waals surface area contributed by atoms with Gasteiger partial charge in [-0.15, -0.1) is 0 Å². The van der Waals surface area contributed by atoms with Gasteiger partial charge >= 0.3 is 0 Å². The first-order chi connectivity index (χ1) is 5.31. The number of hydrogen-bond donors (Lipinski definition) is 0. The van der Waals surface area contributed by atoms with Crippen molar-refractivity contribution in [2.24, 2.45) is 0 Å². The molecular weight excluding hydrogens is 132 g/mol. The summed E-state index contributed by atoms with van der Waals surface area (Å²) in [6.45, 7) is 7.94. The second-order valence-electron chi connectivity index (χ2n) is 2.27. The minimum absolute atomic E-state index is 1.04. The third-order valence-electron chi connectivity index (χ3n) is 1.17. The van der Waals surface area contributed by atoms with Gasteiger partial charge in [-0.1, -0.05) is 50.0 Å². The summed E-state index contributed by atoms with van der Waals surface area (Å²) in [6, 6.07) is 0. The van der Waals surface area contributed by atoms with Crippen molar-refractivity contribution in [1.29, 1.82) is 0 Å². The van der Waals surface area contributed by atoms with Crippen molar-refractivity contribution in [3.63, 3.8) is 0 Å². The minimum atomic E-state index is 1.04. The summed E-state index contributed by atoms with van der Waals surface area (Å²) in [6.07, 6.45) is 13.2. The standard InChI is InChI=1S/C11H16/c1-4-6-7-8-10-11(3)9-5-2/h5-10H,3-4H2,1-2H3/b7-6-,9-5-,10-8-. The molecule has 0 saturated heterocycles. The third-order valence-corrected chi connectivity index (χ3v) is 1.17. The highest BCUT2D eigenvalue weighted by Crippen LogP contribution is 1.95. The van der Waals surface area contributed by atoms with E-state index in [0.29, 0.717) is 0 Å². The van der Waals surface area contributed by atoms with Crippen LogP contribution < -0.4 is 0 Å². The molecule has 0 N–H and O–H groups in total. The summed E-state index contributed by atoms with van der Waals surface area (Å²) in [5, 5.41) is 0. The van der Waals surface area contributed by atoms with E-state index >= 15 is 0 Å². The van der Waals surface area contributed by atoms with Crippen LogP contribution in [0.1, 0.15) is 20.3 Å². The molecule has 0 aromatic carbocycles. The van der Waals surface area contributed by atoms with Gasteiger partial charge in [0.05, 0.1) is 0 Å². The molecule has 0 atom stereocenters. The van der Waals surface area contributed by atoms with E-state index in [1.807, 2.05) is 37.3 Å². The van der Waals surface area contributed by atoms with Crippen molar-refractivity contribution in [3.05, 3.63) is 48.6 Å². The predicted octanol–water partition coefficient (Wildman–Crippen LogP) is 3.64. The Hall–Kier alpha value is -1.04. The van der Waals surface area contributed by atoms with E-state index < -0.39 is 0 Å². The van der Waals surface area contributed by atoms with Gasteiger partial charge in [0.15, 0.2) is 0 Å². The molecule has 0 bridgehead atoms. The average Bonchev–Trinajstić information content (AvgIpc) is 1.99. The minimum Gasteiger partial charge on any atom is -0.0918 e. The van der Waals surface area contributed by atoms with Gasteiger partial charge in [0.2, 0.25) is 0 Å². The van der Waals surface area contributed by atoms with Crippen LogP contribution in [0.25, 0.3) is 0 Å². The Bertz CT molecular complexity index is 180. The third kappa shape index (κ3) is 6.85. The SMILES string of the molecule is C=C(/C=C\C)/C=C\C=C/CC. The zero-order chi connectivity index (χ0) is 8.53. The molecule has 0 amide bonds. The number of rotatable bonds is 4. The molecule has 0 unspecified atom stereocenters. The molecule has 0 aliphatic rings. The summed E-state index contributed by atoms with van der Waals surface area (Å²) in [7, 11) is 0. The molecule has 0 aromatic heterocycles. The maximum atomic E-state index is 3.83. The van der Waals surface area contributed by atoms with Crippen LogP contribution >= 0.6 is 0 Å². The molecule has 0 aromatic rings. The van der Waals surface area contributed by atoms with Crippen LogP contribution in [-0.4, -0.2) is 0 Å². The molecule has 0 heterocycles. The van der Waals surface area contributed by atoms with Crippen molar-refractivity contribution < 1.29 is 0 Å². The van der Waals surface area contributed by atoms with Crippen LogP contribution in [0.15, 0.2) is 48.6 Å². The lowest BCUT2D eigenvalue weighted by molar-refractivity contribution is 1.22. The molecule has 0 nitrogen and oxygen atoms in total. The quantitative estimate of drug-likeness (QED) is 0.534. The predicted molar refractivity (Wildman–Crippen MR) is 52.5 cm³/mol. The van der Waals surface area contributed by atoms with Crippen molar-refractivity contribution in [1.82, 2.24) is 0 Å². The van der Waals surface area contributed by atoms with Gasteiger partial charge in [0, 0.05) is 0 Å². The van der Waals surface area contributed by atoms with Gasteiger partial charge in [0.1, 0.15) is 0 Å². The van der Waals surface area contributed by atoms with Crippen LogP contribution in [0.4, 0.5) is 0 Å². The Morgan fingerprint density at radius 3 is 2.55 bits per heavy atom. The van der Waals surface area contributed by atoms with Gasteiger partial charge < -0.3 is 0 Å². The van der Waals surface area contributed by atoms with E-state index in [-0.39, 0.29) is 0 Å². The highest BCUT2D eigenvalue weighted by Gasteiger charge is 1.74. The van der Waals surface area contributed by atoms with E-state index in [0.717, 1.165) is 12.0 Å². The van der Waals surface area contributed by atoms with E-state index in [1.165, 1.54) is 0 Å². The Kier molecular flexibility index (Phi) is 6.40. The lowest BCUT2D eigenvalue weighted by atomic mass is 10.2. The summed E-state index contributed by atoms with van der Waals surface area (Å²) in [5.41, 5.74) is 1.04. The highest BCUT2D eigenvalue weighted by atomic mass is 13.8. The van der Waals surface area contributed by atoms with Crippen molar-refractivity contribution >= 4 is 0 Å². The monoisotopic (exact) mass is 148 g/mol. The fourth-order valence-electron chi connectivity index (χ4n) is 0.663. The zero-order valence-corrected chi connectivity index (χ0v) is 7.38. The lowest BCUT2D eigenvalue weighted by Crippen LogP contribution is -1.63. The Morgan fingerprint density at radius 1 is 1.27 bits per heavy atom. The van der Waals surface area contributed by atoms with Crippen LogP contribution in [0, 0.1) is 0 Å². The molecule has 0 radical (unpaired) electrons.